The normalized spacial score (nSPS) is 15.1. The van der Waals surface area contributed by atoms with E-state index in [-0.39, 0.29) is 17.9 Å². The smallest absolute Gasteiger partial charge is 0.239 e. The lowest BCUT2D eigenvalue weighted by atomic mass is 10.0. The van der Waals surface area contributed by atoms with Crippen molar-refractivity contribution in [3.05, 3.63) is 0 Å². The summed E-state index contributed by atoms with van der Waals surface area (Å²) in [4.78, 5) is 13.8. The molecule has 0 aromatic heterocycles. The van der Waals surface area contributed by atoms with Crippen molar-refractivity contribution in [1.82, 2.24) is 4.90 Å². The highest BCUT2D eigenvalue weighted by Gasteiger charge is 2.25. The van der Waals surface area contributed by atoms with Gasteiger partial charge < -0.3 is 10.6 Å². The van der Waals surface area contributed by atoms with Gasteiger partial charge in [0.25, 0.3) is 0 Å². The van der Waals surface area contributed by atoms with Crippen LogP contribution in [0.1, 0.15) is 27.2 Å². The standard InChI is InChI=1S/C11H24N2OS/c1-6-9(7-15-5)13(4)11(14)10(12)8(2)3/h8-10H,6-7,12H2,1-5H3. The second-order valence-electron chi connectivity index (χ2n) is 4.24. The first-order chi connectivity index (χ1) is 6.95. The fourth-order valence-corrected chi connectivity index (χ4v) is 2.24. The van der Waals surface area contributed by atoms with E-state index in [0.717, 1.165) is 12.2 Å². The van der Waals surface area contributed by atoms with Crippen LogP contribution in [-0.4, -0.2) is 41.9 Å². The number of carbonyl (C=O) groups excluding carboxylic acids is 1. The van der Waals surface area contributed by atoms with Crippen molar-refractivity contribution in [2.45, 2.75) is 39.3 Å². The number of nitrogens with two attached hydrogens (primary N) is 1. The molecule has 90 valence electrons. The third-order valence-corrected chi connectivity index (χ3v) is 3.45. The number of likely N-dealkylation sites (N-methyl/N-ethyl adjacent to an activating group) is 1. The number of nitrogens with zero attached hydrogens (tertiary/aromatic N) is 1. The Labute approximate surface area is 97.8 Å². The summed E-state index contributed by atoms with van der Waals surface area (Å²) in [6, 6.07) is -0.0665. The summed E-state index contributed by atoms with van der Waals surface area (Å²) in [5.41, 5.74) is 5.85. The Bertz CT molecular complexity index is 197. The van der Waals surface area contributed by atoms with Crippen LogP contribution >= 0.6 is 11.8 Å². The van der Waals surface area contributed by atoms with E-state index in [1.807, 2.05) is 20.9 Å². The molecule has 2 atom stereocenters. The van der Waals surface area contributed by atoms with Crippen molar-refractivity contribution in [1.29, 1.82) is 0 Å². The summed E-state index contributed by atoms with van der Waals surface area (Å²) < 4.78 is 0. The van der Waals surface area contributed by atoms with Gasteiger partial charge in [0.2, 0.25) is 5.91 Å². The maximum absolute atomic E-state index is 12.0. The SMILES string of the molecule is CCC(CSC)N(C)C(=O)C(N)C(C)C. The van der Waals surface area contributed by atoms with Gasteiger partial charge in [-0.3, -0.25) is 4.79 Å². The van der Waals surface area contributed by atoms with Crippen LogP contribution in [0.25, 0.3) is 0 Å². The molecule has 0 radical (unpaired) electrons. The average Bonchev–Trinajstić information content (AvgIpc) is 2.22. The Kier molecular flexibility index (Phi) is 7.02. The molecule has 0 heterocycles. The maximum Gasteiger partial charge on any atom is 0.239 e. The summed E-state index contributed by atoms with van der Waals surface area (Å²) in [7, 11) is 1.86. The summed E-state index contributed by atoms with van der Waals surface area (Å²) in [6.07, 6.45) is 3.04. The molecule has 4 heteroatoms. The molecule has 3 nitrogen and oxygen atoms in total. The van der Waals surface area contributed by atoms with Crippen molar-refractivity contribution in [3.8, 4) is 0 Å². The van der Waals surface area contributed by atoms with E-state index >= 15 is 0 Å². The van der Waals surface area contributed by atoms with E-state index in [4.69, 9.17) is 5.73 Å². The molecule has 0 rings (SSSR count). The van der Waals surface area contributed by atoms with Gasteiger partial charge in [0.05, 0.1) is 6.04 Å². The van der Waals surface area contributed by atoms with Crippen LogP contribution in [0.2, 0.25) is 0 Å². The summed E-state index contributed by atoms with van der Waals surface area (Å²) >= 11 is 1.77. The Morgan fingerprint density at radius 1 is 1.47 bits per heavy atom. The zero-order valence-corrected chi connectivity index (χ0v) is 11.3. The molecule has 0 aromatic rings. The minimum absolute atomic E-state index is 0.0610. The van der Waals surface area contributed by atoms with E-state index in [2.05, 4.69) is 13.2 Å². The van der Waals surface area contributed by atoms with Crippen molar-refractivity contribution in [2.75, 3.05) is 19.1 Å². The molecular formula is C11H24N2OS. The lowest BCUT2D eigenvalue weighted by Crippen LogP contribution is -2.49. The van der Waals surface area contributed by atoms with E-state index < -0.39 is 0 Å². The minimum atomic E-state index is -0.370. The van der Waals surface area contributed by atoms with E-state index in [9.17, 15) is 4.79 Å². The maximum atomic E-state index is 12.0. The molecule has 0 bridgehead atoms. The van der Waals surface area contributed by atoms with Gasteiger partial charge in [-0.2, -0.15) is 11.8 Å². The van der Waals surface area contributed by atoms with Gasteiger partial charge in [-0.05, 0) is 18.6 Å². The van der Waals surface area contributed by atoms with Gasteiger partial charge in [-0.25, -0.2) is 0 Å². The third-order valence-electron chi connectivity index (χ3n) is 2.73. The highest BCUT2D eigenvalue weighted by molar-refractivity contribution is 7.98. The van der Waals surface area contributed by atoms with Crippen LogP contribution < -0.4 is 5.73 Å². The second-order valence-corrected chi connectivity index (χ2v) is 5.15. The Hall–Kier alpha value is -0.220. The van der Waals surface area contributed by atoms with Gasteiger partial charge in [-0.15, -0.1) is 0 Å². The zero-order chi connectivity index (χ0) is 12.0. The molecule has 0 fully saturated rings. The predicted octanol–water partition coefficient (Wildman–Crippen LogP) is 1.57. The molecule has 0 spiro atoms. The molecule has 2 unspecified atom stereocenters. The Morgan fingerprint density at radius 3 is 2.33 bits per heavy atom. The molecule has 15 heavy (non-hydrogen) atoms. The van der Waals surface area contributed by atoms with Crippen molar-refractivity contribution >= 4 is 17.7 Å². The lowest BCUT2D eigenvalue weighted by Gasteiger charge is -2.30. The molecule has 0 aromatic carbocycles. The van der Waals surface area contributed by atoms with Crippen molar-refractivity contribution in [2.24, 2.45) is 11.7 Å². The second kappa shape index (κ2) is 7.12. The van der Waals surface area contributed by atoms with Gasteiger partial charge in [-0.1, -0.05) is 20.8 Å². The van der Waals surface area contributed by atoms with Crippen LogP contribution in [0.3, 0.4) is 0 Å². The predicted molar refractivity (Wildman–Crippen MR) is 68.0 cm³/mol. The van der Waals surface area contributed by atoms with Crippen LogP contribution in [0.5, 0.6) is 0 Å². The van der Waals surface area contributed by atoms with Crippen molar-refractivity contribution < 1.29 is 4.79 Å². The number of hydrogen-bond acceptors (Lipinski definition) is 3. The van der Waals surface area contributed by atoms with Crippen LogP contribution in [0, 0.1) is 5.92 Å². The van der Waals surface area contributed by atoms with Gasteiger partial charge in [0.1, 0.15) is 0 Å². The van der Waals surface area contributed by atoms with E-state index in [1.54, 1.807) is 16.7 Å². The topological polar surface area (TPSA) is 46.3 Å². The van der Waals surface area contributed by atoms with Crippen LogP contribution in [0.4, 0.5) is 0 Å². The summed E-state index contributed by atoms with van der Waals surface area (Å²) in [5, 5.41) is 0. The fourth-order valence-electron chi connectivity index (χ4n) is 1.40. The highest BCUT2D eigenvalue weighted by Crippen LogP contribution is 2.11. The van der Waals surface area contributed by atoms with Gasteiger partial charge in [0, 0.05) is 18.8 Å². The molecule has 1 amide bonds. The molecule has 0 saturated carbocycles. The highest BCUT2D eigenvalue weighted by atomic mass is 32.2. The largest absolute Gasteiger partial charge is 0.341 e. The number of rotatable bonds is 6. The average molecular weight is 232 g/mol. The monoisotopic (exact) mass is 232 g/mol. The Balaban J connectivity index is 4.39. The fraction of sp³-hybridized carbons (Fsp3) is 0.909. The van der Waals surface area contributed by atoms with Gasteiger partial charge in [0.15, 0.2) is 0 Å². The van der Waals surface area contributed by atoms with Crippen LogP contribution in [-0.2, 0) is 4.79 Å². The van der Waals surface area contributed by atoms with E-state index in [1.165, 1.54) is 0 Å². The van der Waals surface area contributed by atoms with Crippen LogP contribution in [0.15, 0.2) is 0 Å². The van der Waals surface area contributed by atoms with Gasteiger partial charge >= 0.3 is 0 Å². The first-order valence-electron chi connectivity index (χ1n) is 5.46. The first-order valence-corrected chi connectivity index (χ1v) is 6.86. The molecule has 0 aliphatic rings. The molecule has 0 aliphatic carbocycles. The molecule has 0 aliphatic heterocycles. The Morgan fingerprint density at radius 2 is 2.00 bits per heavy atom. The van der Waals surface area contributed by atoms with E-state index in [0.29, 0.717) is 6.04 Å². The van der Waals surface area contributed by atoms with Crippen molar-refractivity contribution in [3.63, 3.8) is 0 Å². The molecule has 2 N–H and O–H groups in total. The molecule has 0 saturated heterocycles. The first kappa shape index (κ1) is 14.8. The molecular weight excluding hydrogens is 208 g/mol. The number of amides is 1. The number of thioether (sulfide) groups is 1. The minimum Gasteiger partial charge on any atom is -0.341 e. The third kappa shape index (κ3) is 4.43. The number of carbonyl (C=O) groups is 1. The summed E-state index contributed by atoms with van der Waals surface area (Å²) in [5.74, 6) is 1.24. The number of hydrogen-bond donors (Lipinski definition) is 1. The summed E-state index contributed by atoms with van der Waals surface area (Å²) in [6.45, 7) is 6.06. The zero-order valence-electron chi connectivity index (χ0n) is 10.5. The lowest BCUT2D eigenvalue weighted by molar-refractivity contribution is -0.134. The quantitative estimate of drug-likeness (QED) is 0.756.